The molecule has 2 aromatic rings. The molecule has 1 saturated carbocycles. The van der Waals surface area contributed by atoms with Crippen LogP contribution in [0.2, 0.25) is 0 Å². The van der Waals surface area contributed by atoms with Crippen molar-refractivity contribution < 1.29 is 14.7 Å². The fraction of sp³-hybridized carbons (Fsp3) is 0.542. The third-order valence-corrected chi connectivity index (χ3v) is 6.80. The van der Waals surface area contributed by atoms with Gasteiger partial charge in [-0.3, -0.25) is 14.3 Å². The molecule has 6 heteroatoms. The fourth-order valence-electron chi connectivity index (χ4n) is 4.87. The van der Waals surface area contributed by atoms with Crippen LogP contribution in [0.5, 0.6) is 0 Å². The number of nitrogens with zero attached hydrogens (tertiary/aromatic N) is 3. The molecule has 30 heavy (non-hydrogen) atoms. The maximum Gasteiger partial charge on any atom is 0.306 e. The van der Waals surface area contributed by atoms with Gasteiger partial charge in [-0.25, -0.2) is 0 Å². The molecule has 1 aromatic carbocycles. The van der Waals surface area contributed by atoms with Crippen LogP contribution >= 0.6 is 0 Å². The molecule has 1 N–H and O–H groups in total. The molecule has 0 bridgehead atoms. The minimum Gasteiger partial charge on any atom is -0.481 e. The smallest absolute Gasteiger partial charge is 0.306 e. The second kappa shape index (κ2) is 8.62. The van der Waals surface area contributed by atoms with E-state index >= 15 is 0 Å². The van der Waals surface area contributed by atoms with Crippen LogP contribution in [0.1, 0.15) is 60.2 Å². The van der Waals surface area contributed by atoms with Crippen LogP contribution in [-0.4, -0.2) is 38.2 Å². The number of carbonyl (C=O) groups is 2. The molecule has 1 fully saturated rings. The first-order chi connectivity index (χ1) is 14.4. The topological polar surface area (TPSA) is 75.4 Å². The van der Waals surface area contributed by atoms with Gasteiger partial charge < -0.3 is 10.0 Å². The average Bonchev–Trinajstić information content (AvgIpc) is 3.05. The number of carbonyl (C=O) groups excluding carboxylic acids is 1. The molecular weight excluding hydrogens is 378 g/mol. The van der Waals surface area contributed by atoms with Gasteiger partial charge in [0.2, 0.25) is 5.91 Å². The van der Waals surface area contributed by atoms with Gasteiger partial charge in [-0.15, -0.1) is 0 Å². The van der Waals surface area contributed by atoms with Gasteiger partial charge in [0.1, 0.15) is 0 Å². The second-order valence-electron chi connectivity index (χ2n) is 8.98. The van der Waals surface area contributed by atoms with E-state index in [2.05, 4.69) is 42.8 Å². The molecule has 4 rings (SSSR count). The summed E-state index contributed by atoms with van der Waals surface area (Å²) in [4.78, 5) is 26.1. The lowest BCUT2D eigenvalue weighted by Gasteiger charge is -2.31. The molecule has 0 unspecified atom stereocenters. The molecule has 0 atom stereocenters. The number of aryl methyl sites for hydroxylation is 2. The van der Waals surface area contributed by atoms with Crippen molar-refractivity contribution in [1.29, 1.82) is 0 Å². The third-order valence-electron chi connectivity index (χ3n) is 6.80. The molecule has 0 radical (unpaired) electrons. The van der Waals surface area contributed by atoms with Gasteiger partial charge in [-0.05, 0) is 63.0 Å². The Morgan fingerprint density at radius 3 is 2.47 bits per heavy atom. The highest BCUT2D eigenvalue weighted by atomic mass is 16.4. The Balaban J connectivity index is 1.41. The quantitative estimate of drug-likeness (QED) is 0.817. The predicted molar refractivity (Wildman–Crippen MR) is 114 cm³/mol. The van der Waals surface area contributed by atoms with Gasteiger partial charge in [-0.2, -0.15) is 5.10 Å². The van der Waals surface area contributed by atoms with Crippen LogP contribution in [0.25, 0.3) is 0 Å². The third kappa shape index (κ3) is 4.42. The number of carboxylic acid groups (broad SMARTS) is 1. The summed E-state index contributed by atoms with van der Waals surface area (Å²) in [7, 11) is 0. The number of hydrogen-bond acceptors (Lipinski definition) is 3. The van der Waals surface area contributed by atoms with Crippen LogP contribution in [0.3, 0.4) is 0 Å². The Kier molecular flexibility index (Phi) is 5.93. The van der Waals surface area contributed by atoms with Crippen LogP contribution in [0, 0.1) is 25.7 Å². The van der Waals surface area contributed by atoms with Gasteiger partial charge in [0.15, 0.2) is 0 Å². The second-order valence-corrected chi connectivity index (χ2v) is 8.98. The molecule has 6 nitrogen and oxygen atoms in total. The Labute approximate surface area is 177 Å². The zero-order valence-corrected chi connectivity index (χ0v) is 17.9. The molecule has 160 valence electrons. The van der Waals surface area contributed by atoms with Crippen LogP contribution in [-0.2, 0) is 29.1 Å². The van der Waals surface area contributed by atoms with E-state index in [0.29, 0.717) is 31.7 Å². The zero-order chi connectivity index (χ0) is 21.3. The van der Waals surface area contributed by atoms with E-state index in [-0.39, 0.29) is 11.8 Å². The highest BCUT2D eigenvalue weighted by Gasteiger charge is 2.30. The predicted octanol–water partition coefficient (Wildman–Crippen LogP) is 3.71. The summed E-state index contributed by atoms with van der Waals surface area (Å²) in [5.74, 6) is -0.414. The standard InChI is InChI=1S/C24H31N3O3/c1-16-3-5-19(6-4-16)14-27-22-15-26(12-11-21(22)17(2)25-27)23(28)13-18-7-9-20(10-8-18)24(29)30/h3-6,18,20H,7-15H2,1-2H3,(H,29,30). The van der Waals surface area contributed by atoms with E-state index in [4.69, 9.17) is 10.2 Å². The van der Waals surface area contributed by atoms with Crippen molar-refractivity contribution in [3.05, 3.63) is 52.3 Å². The Morgan fingerprint density at radius 1 is 1.10 bits per heavy atom. The lowest BCUT2D eigenvalue weighted by Crippen LogP contribution is -2.38. The maximum absolute atomic E-state index is 13.0. The molecule has 1 aromatic heterocycles. The minimum atomic E-state index is -0.694. The fourth-order valence-corrected chi connectivity index (χ4v) is 4.87. The van der Waals surface area contributed by atoms with Crippen molar-refractivity contribution in [3.63, 3.8) is 0 Å². The van der Waals surface area contributed by atoms with Crippen molar-refractivity contribution in [2.75, 3.05) is 6.54 Å². The lowest BCUT2D eigenvalue weighted by molar-refractivity contribution is -0.143. The summed E-state index contributed by atoms with van der Waals surface area (Å²) in [6, 6.07) is 8.51. The van der Waals surface area contributed by atoms with E-state index in [1.165, 1.54) is 16.7 Å². The summed E-state index contributed by atoms with van der Waals surface area (Å²) in [5.41, 5.74) is 5.96. The van der Waals surface area contributed by atoms with E-state index in [1.54, 1.807) is 0 Å². The number of benzene rings is 1. The van der Waals surface area contributed by atoms with Gasteiger partial charge in [0.25, 0.3) is 0 Å². The van der Waals surface area contributed by atoms with Crippen molar-refractivity contribution in [3.8, 4) is 0 Å². The maximum atomic E-state index is 13.0. The number of hydrogen-bond donors (Lipinski definition) is 1. The summed E-state index contributed by atoms with van der Waals surface area (Å²) in [6.07, 6.45) is 4.46. The van der Waals surface area contributed by atoms with Crippen LogP contribution in [0.4, 0.5) is 0 Å². The monoisotopic (exact) mass is 409 g/mol. The summed E-state index contributed by atoms with van der Waals surface area (Å²) < 4.78 is 2.06. The first kappa shape index (κ1) is 20.6. The normalized spacial score (nSPS) is 21.3. The summed E-state index contributed by atoms with van der Waals surface area (Å²) in [6.45, 7) is 6.22. The summed E-state index contributed by atoms with van der Waals surface area (Å²) >= 11 is 0. The molecule has 1 aliphatic heterocycles. The lowest BCUT2D eigenvalue weighted by atomic mass is 9.80. The highest BCUT2D eigenvalue weighted by molar-refractivity contribution is 5.77. The Hall–Kier alpha value is -2.63. The zero-order valence-electron chi connectivity index (χ0n) is 17.9. The van der Waals surface area contributed by atoms with Crippen LogP contribution in [0.15, 0.2) is 24.3 Å². The van der Waals surface area contributed by atoms with E-state index < -0.39 is 5.97 Å². The number of aromatic nitrogens is 2. The number of rotatable bonds is 5. The largest absolute Gasteiger partial charge is 0.481 e. The number of aliphatic carboxylic acids is 1. The van der Waals surface area contributed by atoms with Gasteiger partial charge in [0.05, 0.1) is 30.4 Å². The van der Waals surface area contributed by atoms with E-state index in [9.17, 15) is 9.59 Å². The molecule has 0 spiro atoms. The molecule has 0 saturated heterocycles. The summed E-state index contributed by atoms with van der Waals surface area (Å²) in [5, 5.41) is 13.9. The number of carboxylic acids is 1. The van der Waals surface area contributed by atoms with Gasteiger partial charge >= 0.3 is 5.97 Å². The van der Waals surface area contributed by atoms with Crippen molar-refractivity contribution in [2.24, 2.45) is 11.8 Å². The SMILES string of the molecule is Cc1ccc(Cn2nc(C)c3c2CN(C(=O)CC2CCC(C(=O)O)CC2)CC3)cc1. The molecule has 2 heterocycles. The average molecular weight is 410 g/mol. The first-order valence-electron chi connectivity index (χ1n) is 11.0. The van der Waals surface area contributed by atoms with E-state index in [1.807, 2.05) is 4.90 Å². The van der Waals surface area contributed by atoms with Crippen molar-refractivity contribution in [1.82, 2.24) is 14.7 Å². The molecule has 2 aliphatic rings. The Bertz CT molecular complexity index is 924. The number of fused-ring (bicyclic) bond motifs is 1. The molecule has 1 aliphatic carbocycles. The molecule has 1 amide bonds. The van der Waals surface area contributed by atoms with E-state index in [0.717, 1.165) is 43.7 Å². The van der Waals surface area contributed by atoms with Crippen molar-refractivity contribution >= 4 is 11.9 Å². The van der Waals surface area contributed by atoms with Crippen molar-refractivity contribution in [2.45, 2.75) is 65.5 Å². The highest BCUT2D eigenvalue weighted by Crippen LogP contribution is 2.32. The number of amides is 1. The molecular formula is C24H31N3O3. The Morgan fingerprint density at radius 2 is 1.80 bits per heavy atom. The first-order valence-corrected chi connectivity index (χ1v) is 11.0. The van der Waals surface area contributed by atoms with Gasteiger partial charge in [-0.1, -0.05) is 29.8 Å². The van der Waals surface area contributed by atoms with Gasteiger partial charge in [0, 0.05) is 13.0 Å². The minimum absolute atomic E-state index is 0.195. The van der Waals surface area contributed by atoms with Crippen LogP contribution < -0.4 is 0 Å².